The van der Waals surface area contributed by atoms with E-state index in [-0.39, 0.29) is 30.4 Å². The number of benzene rings is 1. The van der Waals surface area contributed by atoms with Crippen LogP contribution in [-0.2, 0) is 37.4 Å². The quantitative estimate of drug-likeness (QED) is 0.342. The number of nitrogens with one attached hydrogen (secondary N) is 2. The number of anilines is 1. The number of halogens is 3. The highest BCUT2D eigenvalue weighted by Gasteiger charge is 2.38. The Balaban J connectivity index is 1.91. The lowest BCUT2D eigenvalue weighted by Gasteiger charge is -2.32. The molecular formula is C24H31F3N4O6S. The van der Waals surface area contributed by atoms with Crippen LogP contribution < -0.4 is 14.9 Å². The number of hydrogen-bond acceptors (Lipinski definition) is 5. The van der Waals surface area contributed by atoms with Gasteiger partial charge in [-0.05, 0) is 49.4 Å². The van der Waals surface area contributed by atoms with E-state index in [4.69, 9.17) is 0 Å². The summed E-state index contributed by atoms with van der Waals surface area (Å²) in [5.74, 6) is -3.11. The molecule has 0 aliphatic carbocycles. The van der Waals surface area contributed by atoms with E-state index in [2.05, 4.69) is 15.4 Å². The zero-order valence-corrected chi connectivity index (χ0v) is 22.0. The molecule has 14 heteroatoms. The molecule has 2 amide bonds. The smallest absolute Gasteiger partial charge is 0.356 e. The highest BCUT2D eigenvalue weighted by atomic mass is 32.2. The van der Waals surface area contributed by atoms with E-state index in [0.29, 0.717) is 13.0 Å². The van der Waals surface area contributed by atoms with E-state index in [1.54, 1.807) is 38.1 Å². The summed E-state index contributed by atoms with van der Waals surface area (Å²) in [5, 5.41) is 5.79. The van der Waals surface area contributed by atoms with Crippen molar-refractivity contribution >= 4 is 45.5 Å². The fourth-order valence-electron chi connectivity index (χ4n) is 4.49. The SMILES string of the molecule is CC(C)C[C@@H](C(=O)N[C@@H](C[C@@H]1CCNC1=O)C(=O)COC(F)(F)F)N(c1ccc2c(ccn2C)c1)S(=O)O. The molecule has 0 bridgehead atoms. The minimum atomic E-state index is -5.06. The third-order valence-electron chi connectivity index (χ3n) is 6.34. The molecule has 0 saturated carbocycles. The van der Waals surface area contributed by atoms with Gasteiger partial charge in [0.1, 0.15) is 12.6 Å². The zero-order valence-electron chi connectivity index (χ0n) is 21.2. The molecule has 1 aliphatic heterocycles. The van der Waals surface area contributed by atoms with Crippen molar-refractivity contribution in [2.45, 2.75) is 51.6 Å². The number of carbonyl (C=O) groups is 3. The van der Waals surface area contributed by atoms with E-state index in [1.165, 1.54) is 0 Å². The molecule has 10 nitrogen and oxygen atoms in total. The van der Waals surface area contributed by atoms with Crippen molar-refractivity contribution in [2.24, 2.45) is 18.9 Å². The minimum absolute atomic E-state index is 0.0921. The number of amides is 2. The maximum absolute atomic E-state index is 13.5. The average Bonchev–Trinajstić information content (AvgIpc) is 3.40. The van der Waals surface area contributed by atoms with Gasteiger partial charge in [-0.1, -0.05) is 13.8 Å². The van der Waals surface area contributed by atoms with Crippen LogP contribution in [0.15, 0.2) is 30.5 Å². The van der Waals surface area contributed by atoms with Gasteiger partial charge in [0.05, 0.1) is 11.7 Å². The van der Waals surface area contributed by atoms with E-state index < -0.39 is 53.9 Å². The van der Waals surface area contributed by atoms with Gasteiger partial charge in [0, 0.05) is 36.6 Å². The third kappa shape index (κ3) is 7.54. The minimum Gasteiger partial charge on any atom is -0.356 e. The lowest BCUT2D eigenvalue weighted by Crippen LogP contribution is -2.54. The summed E-state index contributed by atoms with van der Waals surface area (Å²) in [4.78, 5) is 38.3. The molecule has 1 saturated heterocycles. The topological polar surface area (TPSA) is 130 Å². The first-order valence-electron chi connectivity index (χ1n) is 12.0. The predicted molar refractivity (Wildman–Crippen MR) is 134 cm³/mol. The lowest BCUT2D eigenvalue weighted by molar-refractivity contribution is -0.321. The van der Waals surface area contributed by atoms with Crippen LogP contribution in [0, 0.1) is 11.8 Å². The average molecular weight is 561 g/mol. The van der Waals surface area contributed by atoms with Gasteiger partial charge < -0.3 is 15.2 Å². The Labute approximate surface area is 220 Å². The lowest BCUT2D eigenvalue weighted by atomic mass is 9.95. The molecule has 38 heavy (non-hydrogen) atoms. The summed E-state index contributed by atoms with van der Waals surface area (Å²) in [6, 6.07) is 4.04. The van der Waals surface area contributed by atoms with E-state index in [1.807, 2.05) is 17.8 Å². The summed E-state index contributed by atoms with van der Waals surface area (Å²) in [7, 11) is 1.84. The number of carbonyl (C=O) groups excluding carboxylic acids is 3. The molecule has 1 aromatic heterocycles. The molecule has 1 aromatic carbocycles. The molecule has 3 rings (SSSR count). The van der Waals surface area contributed by atoms with Crippen LogP contribution >= 0.6 is 0 Å². The Kier molecular flexibility index (Phi) is 9.54. The van der Waals surface area contributed by atoms with E-state index in [9.17, 15) is 36.3 Å². The van der Waals surface area contributed by atoms with Gasteiger partial charge in [-0.25, -0.2) is 4.21 Å². The van der Waals surface area contributed by atoms with Crippen LogP contribution in [0.4, 0.5) is 18.9 Å². The predicted octanol–water partition coefficient (Wildman–Crippen LogP) is 2.65. The highest BCUT2D eigenvalue weighted by Crippen LogP contribution is 2.28. The molecule has 210 valence electrons. The van der Waals surface area contributed by atoms with E-state index in [0.717, 1.165) is 15.2 Å². The Bertz CT molecular complexity index is 1200. The number of hydrogen-bond donors (Lipinski definition) is 3. The van der Waals surface area contributed by atoms with Gasteiger partial charge in [0.25, 0.3) is 11.3 Å². The second-order valence-corrected chi connectivity index (χ2v) is 10.5. The maximum atomic E-state index is 13.5. The molecule has 2 aromatic rings. The molecular weight excluding hydrogens is 529 g/mol. The zero-order chi connectivity index (χ0) is 28.2. The second-order valence-electron chi connectivity index (χ2n) is 9.65. The van der Waals surface area contributed by atoms with Crippen LogP contribution in [0.2, 0.25) is 0 Å². The third-order valence-corrected chi connectivity index (χ3v) is 7.14. The molecule has 4 atom stereocenters. The first kappa shape index (κ1) is 29.6. The fraction of sp³-hybridized carbons (Fsp3) is 0.542. The first-order chi connectivity index (χ1) is 17.8. The summed E-state index contributed by atoms with van der Waals surface area (Å²) in [5.41, 5.74) is 1.12. The summed E-state index contributed by atoms with van der Waals surface area (Å²) < 4.78 is 67.0. The maximum Gasteiger partial charge on any atom is 0.522 e. The van der Waals surface area contributed by atoms with Crippen molar-refractivity contribution in [1.29, 1.82) is 0 Å². The molecule has 0 spiro atoms. The highest BCUT2D eigenvalue weighted by molar-refractivity contribution is 7.80. The Morgan fingerprint density at radius 2 is 2.03 bits per heavy atom. The molecule has 1 unspecified atom stereocenters. The summed E-state index contributed by atoms with van der Waals surface area (Å²) >= 11 is -2.66. The van der Waals surface area contributed by atoms with Crippen molar-refractivity contribution in [3.8, 4) is 0 Å². The summed E-state index contributed by atoms with van der Waals surface area (Å²) in [6.45, 7) is 2.58. The van der Waals surface area contributed by atoms with Crippen LogP contribution in [0.25, 0.3) is 10.9 Å². The number of aryl methyl sites for hydroxylation is 1. The Hall–Kier alpha value is -2.97. The normalized spacial score (nSPS) is 18.3. The second kappa shape index (κ2) is 12.3. The molecule has 2 heterocycles. The first-order valence-corrected chi connectivity index (χ1v) is 13.1. The largest absolute Gasteiger partial charge is 0.522 e. The summed E-state index contributed by atoms with van der Waals surface area (Å²) in [6.07, 6.45) is -3.04. The van der Waals surface area contributed by atoms with Crippen molar-refractivity contribution < 1.29 is 41.1 Å². The molecule has 3 N–H and O–H groups in total. The van der Waals surface area contributed by atoms with Gasteiger partial charge in [-0.2, -0.15) is 0 Å². The van der Waals surface area contributed by atoms with Crippen LogP contribution in [0.5, 0.6) is 0 Å². The van der Waals surface area contributed by atoms with Crippen LogP contribution in [-0.4, -0.2) is 62.5 Å². The van der Waals surface area contributed by atoms with Crippen molar-refractivity contribution in [1.82, 2.24) is 15.2 Å². The fourth-order valence-corrected chi connectivity index (χ4v) is 5.18. The van der Waals surface area contributed by atoms with Crippen molar-refractivity contribution in [3.05, 3.63) is 30.5 Å². The van der Waals surface area contributed by atoms with Gasteiger partial charge in [0.15, 0.2) is 5.78 Å². The molecule has 1 aliphatic rings. The Morgan fingerprint density at radius 3 is 2.61 bits per heavy atom. The van der Waals surface area contributed by atoms with Gasteiger partial charge in [-0.15, -0.1) is 13.2 Å². The molecule has 0 radical (unpaired) electrons. The number of alkyl halides is 3. The number of fused-ring (bicyclic) bond motifs is 1. The number of ether oxygens (including phenoxy) is 1. The number of aromatic nitrogens is 1. The van der Waals surface area contributed by atoms with Crippen molar-refractivity contribution in [3.63, 3.8) is 0 Å². The Morgan fingerprint density at radius 1 is 1.32 bits per heavy atom. The van der Waals surface area contributed by atoms with Gasteiger partial charge >= 0.3 is 6.36 Å². The monoisotopic (exact) mass is 560 g/mol. The van der Waals surface area contributed by atoms with Gasteiger partial charge in [-0.3, -0.25) is 28.0 Å². The number of rotatable bonds is 12. The number of nitrogens with zero attached hydrogens (tertiary/aromatic N) is 2. The van der Waals surface area contributed by atoms with Crippen molar-refractivity contribution in [2.75, 3.05) is 17.5 Å². The standard InChI is InChI=1S/C24H31F3N4O6S/c1-14(2)10-20(31(38(35)36)17-4-5-19-15(11-17)7-9-30(19)3)23(34)29-18(12-16-6-8-28-22(16)33)21(32)13-37-24(25,26)27/h4-5,7,9,11,14,16,18,20H,6,8,10,12-13H2,1-3H3,(H,28,33)(H,29,34)(H,35,36)/t16-,18-,20-/m0/s1. The van der Waals surface area contributed by atoms with E-state index >= 15 is 0 Å². The number of ketones is 1. The van der Waals surface area contributed by atoms with Gasteiger partial charge in [0.2, 0.25) is 11.8 Å². The van der Waals surface area contributed by atoms with Crippen LogP contribution in [0.3, 0.4) is 0 Å². The number of Topliss-reactive ketones (excluding diaryl/α,β-unsaturated/α-hetero) is 1. The molecule has 1 fully saturated rings. The van der Waals surface area contributed by atoms with Crippen LogP contribution in [0.1, 0.15) is 33.1 Å².